The molecular formula is C18H27N5O4. The Morgan fingerprint density at radius 2 is 1.59 bits per heavy atom. The number of imidazole rings is 1. The van der Waals surface area contributed by atoms with Crippen LogP contribution in [0, 0.1) is 6.92 Å². The zero-order valence-corrected chi connectivity index (χ0v) is 16.8. The van der Waals surface area contributed by atoms with Crippen molar-refractivity contribution in [2.45, 2.75) is 66.2 Å². The van der Waals surface area contributed by atoms with Crippen LogP contribution < -0.4 is 10.6 Å². The molecule has 0 aliphatic rings. The van der Waals surface area contributed by atoms with Crippen LogP contribution in [-0.2, 0) is 16.0 Å². The zero-order valence-electron chi connectivity index (χ0n) is 16.8. The van der Waals surface area contributed by atoms with Gasteiger partial charge in [-0.05, 0) is 48.5 Å². The first-order chi connectivity index (χ1) is 12.3. The van der Waals surface area contributed by atoms with Gasteiger partial charge in [-0.1, -0.05) is 0 Å². The van der Waals surface area contributed by atoms with Crippen LogP contribution in [0.1, 0.15) is 52.9 Å². The average Bonchev–Trinajstić information content (AvgIpc) is 2.82. The Morgan fingerprint density at radius 1 is 1.00 bits per heavy atom. The Labute approximate surface area is 158 Å². The summed E-state index contributed by atoms with van der Waals surface area (Å²) in [5.41, 5.74) is 0.617. The molecule has 2 aromatic rings. The van der Waals surface area contributed by atoms with E-state index in [2.05, 4.69) is 20.6 Å². The number of fused-ring (bicyclic) bond motifs is 1. The molecule has 9 heteroatoms. The van der Waals surface area contributed by atoms with E-state index in [1.165, 1.54) is 0 Å². The van der Waals surface area contributed by atoms with E-state index in [9.17, 15) is 9.59 Å². The van der Waals surface area contributed by atoms with E-state index in [1.54, 1.807) is 58.3 Å². The van der Waals surface area contributed by atoms with Gasteiger partial charge in [0.1, 0.15) is 16.9 Å². The maximum absolute atomic E-state index is 11.9. The Morgan fingerprint density at radius 3 is 2.19 bits per heavy atom. The molecule has 27 heavy (non-hydrogen) atoms. The molecule has 9 nitrogen and oxygen atoms in total. The highest BCUT2D eigenvalue weighted by Crippen LogP contribution is 2.16. The molecule has 0 aromatic carbocycles. The molecule has 0 atom stereocenters. The van der Waals surface area contributed by atoms with Crippen LogP contribution in [0.25, 0.3) is 5.65 Å². The number of ether oxygens (including phenoxy) is 2. The van der Waals surface area contributed by atoms with Crippen molar-refractivity contribution in [2.75, 3.05) is 5.32 Å². The van der Waals surface area contributed by atoms with E-state index in [1.807, 2.05) is 6.92 Å². The quantitative estimate of drug-likeness (QED) is 0.849. The number of carbonyl (C=O) groups is 2. The van der Waals surface area contributed by atoms with Crippen LogP contribution in [0.2, 0.25) is 0 Å². The summed E-state index contributed by atoms with van der Waals surface area (Å²) < 4.78 is 12.2. The minimum atomic E-state index is -0.607. The lowest BCUT2D eigenvalue weighted by Gasteiger charge is -2.19. The normalized spacial score (nSPS) is 12.0. The molecule has 0 radical (unpaired) electrons. The molecule has 0 saturated carbocycles. The minimum absolute atomic E-state index is 0.142. The van der Waals surface area contributed by atoms with Gasteiger partial charge in [-0.15, -0.1) is 0 Å². The molecule has 0 unspecified atom stereocenters. The summed E-state index contributed by atoms with van der Waals surface area (Å²) in [6.45, 7) is 12.7. The molecule has 0 aliphatic heterocycles. The van der Waals surface area contributed by atoms with Crippen molar-refractivity contribution < 1.29 is 19.1 Å². The van der Waals surface area contributed by atoms with Crippen molar-refractivity contribution in [3.8, 4) is 0 Å². The summed E-state index contributed by atoms with van der Waals surface area (Å²) in [5.74, 6) is 0.329. The van der Waals surface area contributed by atoms with Gasteiger partial charge >= 0.3 is 12.2 Å². The molecular weight excluding hydrogens is 350 g/mol. The Kier molecular flexibility index (Phi) is 5.62. The van der Waals surface area contributed by atoms with Crippen molar-refractivity contribution in [3.63, 3.8) is 0 Å². The van der Waals surface area contributed by atoms with Gasteiger partial charge in [-0.2, -0.15) is 0 Å². The third kappa shape index (κ3) is 6.43. The number of aromatic nitrogens is 3. The van der Waals surface area contributed by atoms with Crippen molar-refractivity contribution in [2.24, 2.45) is 0 Å². The van der Waals surface area contributed by atoms with E-state index < -0.39 is 23.4 Å². The summed E-state index contributed by atoms with van der Waals surface area (Å²) in [6.07, 6.45) is 2.30. The second-order valence-corrected chi connectivity index (χ2v) is 8.17. The number of carbonyl (C=O) groups excluding carboxylic acids is 2. The molecule has 0 saturated heterocycles. The predicted molar refractivity (Wildman–Crippen MR) is 101 cm³/mol. The van der Waals surface area contributed by atoms with E-state index in [-0.39, 0.29) is 6.54 Å². The van der Waals surface area contributed by atoms with Crippen molar-refractivity contribution in [1.82, 2.24) is 19.7 Å². The summed E-state index contributed by atoms with van der Waals surface area (Å²) in [4.78, 5) is 32.6. The van der Waals surface area contributed by atoms with Crippen LogP contribution in [0.5, 0.6) is 0 Å². The third-order valence-electron chi connectivity index (χ3n) is 3.06. The van der Waals surface area contributed by atoms with Gasteiger partial charge in [-0.3, -0.25) is 10.3 Å². The van der Waals surface area contributed by atoms with Crippen LogP contribution >= 0.6 is 0 Å². The summed E-state index contributed by atoms with van der Waals surface area (Å²) >= 11 is 0. The average molecular weight is 377 g/mol. The number of anilines is 1. The van der Waals surface area contributed by atoms with Crippen LogP contribution in [0.15, 0.2) is 12.4 Å². The molecule has 0 bridgehead atoms. The zero-order chi connectivity index (χ0) is 20.4. The predicted octanol–water partition coefficient (Wildman–Crippen LogP) is 3.41. The molecule has 2 heterocycles. The molecule has 2 N–H and O–H groups in total. The second kappa shape index (κ2) is 7.42. The molecule has 2 rings (SSSR count). The monoisotopic (exact) mass is 377 g/mol. The van der Waals surface area contributed by atoms with E-state index in [0.717, 1.165) is 5.69 Å². The standard InChI is InChI=1S/C18H27N5O4/c1-11-9-23-10-13(22-16(25)27-18(5,6)7)21-14(23)12(20-11)8-19-15(24)26-17(2,3)4/h9-10H,8H2,1-7H3,(H,19,24)(H,22,25). The Bertz CT molecular complexity index is 846. The lowest BCUT2D eigenvalue weighted by Crippen LogP contribution is -2.32. The number of nitrogens with one attached hydrogen (secondary N) is 2. The van der Waals surface area contributed by atoms with Gasteiger partial charge in [0.15, 0.2) is 11.5 Å². The number of nitrogens with zero attached hydrogens (tertiary/aromatic N) is 3. The van der Waals surface area contributed by atoms with Gasteiger partial charge in [0, 0.05) is 6.20 Å². The maximum atomic E-state index is 11.9. The molecule has 0 fully saturated rings. The minimum Gasteiger partial charge on any atom is -0.444 e. The second-order valence-electron chi connectivity index (χ2n) is 8.17. The number of aryl methyl sites for hydroxylation is 1. The molecule has 148 valence electrons. The molecule has 2 aromatic heterocycles. The van der Waals surface area contributed by atoms with Gasteiger partial charge in [0.05, 0.1) is 18.4 Å². The fourth-order valence-corrected chi connectivity index (χ4v) is 2.26. The number of hydrogen-bond donors (Lipinski definition) is 2. The van der Waals surface area contributed by atoms with Gasteiger partial charge < -0.3 is 19.2 Å². The highest BCUT2D eigenvalue weighted by atomic mass is 16.6. The number of alkyl carbamates (subject to hydrolysis) is 1. The van der Waals surface area contributed by atoms with Gasteiger partial charge in [-0.25, -0.2) is 14.6 Å². The van der Waals surface area contributed by atoms with Crippen molar-refractivity contribution in [1.29, 1.82) is 0 Å². The highest BCUT2D eigenvalue weighted by molar-refractivity contribution is 5.84. The molecule has 0 spiro atoms. The number of rotatable bonds is 3. The summed E-state index contributed by atoms with van der Waals surface area (Å²) in [6, 6.07) is 0. The van der Waals surface area contributed by atoms with Crippen molar-refractivity contribution >= 4 is 23.7 Å². The number of amides is 2. The third-order valence-corrected chi connectivity index (χ3v) is 3.06. The van der Waals surface area contributed by atoms with Crippen LogP contribution in [0.3, 0.4) is 0 Å². The van der Waals surface area contributed by atoms with Crippen molar-refractivity contribution in [3.05, 3.63) is 23.8 Å². The summed E-state index contributed by atoms with van der Waals surface area (Å²) in [7, 11) is 0. The fourth-order valence-electron chi connectivity index (χ4n) is 2.26. The van der Waals surface area contributed by atoms with Gasteiger partial charge in [0.25, 0.3) is 0 Å². The first-order valence-electron chi connectivity index (χ1n) is 8.64. The number of hydrogen-bond acceptors (Lipinski definition) is 6. The topological polar surface area (TPSA) is 107 Å². The maximum Gasteiger partial charge on any atom is 0.413 e. The van der Waals surface area contributed by atoms with E-state index >= 15 is 0 Å². The molecule has 0 aliphatic carbocycles. The smallest absolute Gasteiger partial charge is 0.413 e. The highest BCUT2D eigenvalue weighted by Gasteiger charge is 2.19. The lowest BCUT2D eigenvalue weighted by atomic mass is 10.2. The van der Waals surface area contributed by atoms with E-state index in [0.29, 0.717) is 17.2 Å². The lowest BCUT2D eigenvalue weighted by molar-refractivity contribution is 0.0522. The largest absolute Gasteiger partial charge is 0.444 e. The summed E-state index contributed by atoms with van der Waals surface area (Å²) in [5, 5.41) is 5.26. The first kappa shape index (κ1) is 20.5. The Balaban J connectivity index is 2.16. The first-order valence-corrected chi connectivity index (χ1v) is 8.64. The van der Waals surface area contributed by atoms with Crippen LogP contribution in [0.4, 0.5) is 15.4 Å². The Hall–Kier alpha value is -2.84. The molecule has 2 amide bonds. The fraction of sp³-hybridized carbons (Fsp3) is 0.556. The van der Waals surface area contributed by atoms with E-state index in [4.69, 9.17) is 9.47 Å². The SMILES string of the molecule is Cc1cn2cc(NC(=O)OC(C)(C)C)nc2c(CNC(=O)OC(C)(C)C)n1. The van der Waals surface area contributed by atoms with Crippen LogP contribution in [-0.4, -0.2) is 37.8 Å². The van der Waals surface area contributed by atoms with Gasteiger partial charge in [0.2, 0.25) is 0 Å².